The summed E-state index contributed by atoms with van der Waals surface area (Å²) in [4.78, 5) is 29.0. The number of aliphatic hydroxyl groups is 1. The Labute approximate surface area is 121 Å². The molecule has 2 fully saturated rings. The van der Waals surface area contributed by atoms with Gasteiger partial charge in [-0.25, -0.2) is 0 Å². The van der Waals surface area contributed by atoms with Gasteiger partial charge in [-0.2, -0.15) is 0 Å². The average Bonchev–Trinajstić information content (AvgIpc) is 2.96. The molecule has 2 amide bonds. The van der Waals surface area contributed by atoms with E-state index in [-0.39, 0.29) is 17.9 Å². The van der Waals surface area contributed by atoms with E-state index in [2.05, 4.69) is 0 Å². The van der Waals surface area contributed by atoms with Crippen LogP contribution in [0.4, 0.5) is 0 Å². The van der Waals surface area contributed by atoms with Crippen molar-refractivity contribution in [1.29, 1.82) is 0 Å². The van der Waals surface area contributed by atoms with Crippen molar-refractivity contribution in [3.8, 4) is 0 Å². The summed E-state index contributed by atoms with van der Waals surface area (Å²) in [6.07, 6.45) is 2.25. The van der Waals surface area contributed by atoms with Crippen molar-refractivity contribution in [2.75, 3.05) is 19.6 Å². The van der Waals surface area contributed by atoms with E-state index in [0.29, 0.717) is 24.5 Å². The molecule has 2 saturated heterocycles. The number of hydrogen-bond donors (Lipinski definition) is 1. The predicted molar refractivity (Wildman–Crippen MR) is 75.6 cm³/mol. The molecule has 0 saturated carbocycles. The minimum Gasteiger partial charge on any atom is -0.389 e. The van der Waals surface area contributed by atoms with Crippen LogP contribution >= 0.6 is 11.3 Å². The molecule has 1 atom stereocenters. The first-order chi connectivity index (χ1) is 9.66. The molecule has 5 nitrogen and oxygen atoms in total. The molecule has 108 valence electrons. The molecule has 1 aromatic heterocycles. The van der Waals surface area contributed by atoms with Crippen molar-refractivity contribution in [3.63, 3.8) is 0 Å². The van der Waals surface area contributed by atoms with Gasteiger partial charge in [-0.3, -0.25) is 9.59 Å². The van der Waals surface area contributed by atoms with Crippen LogP contribution in [0.3, 0.4) is 0 Å². The SMILES string of the molecule is O=C(C1CCCCN1C(=O)c1cccs1)N1CC(O)C1. The first-order valence-corrected chi connectivity index (χ1v) is 7.86. The Morgan fingerprint density at radius 1 is 1.30 bits per heavy atom. The highest BCUT2D eigenvalue weighted by Crippen LogP contribution is 2.24. The van der Waals surface area contributed by atoms with Gasteiger partial charge in [-0.05, 0) is 30.7 Å². The quantitative estimate of drug-likeness (QED) is 0.883. The Hall–Kier alpha value is -1.40. The molecule has 3 rings (SSSR count). The van der Waals surface area contributed by atoms with Gasteiger partial charge in [0.2, 0.25) is 5.91 Å². The van der Waals surface area contributed by atoms with Gasteiger partial charge in [-0.15, -0.1) is 11.3 Å². The zero-order valence-corrected chi connectivity index (χ0v) is 12.0. The minimum atomic E-state index is -0.399. The third-order valence-electron chi connectivity index (χ3n) is 3.95. The number of carbonyl (C=O) groups excluding carboxylic acids is 2. The number of hydrogen-bond acceptors (Lipinski definition) is 4. The van der Waals surface area contributed by atoms with E-state index in [1.807, 2.05) is 11.4 Å². The van der Waals surface area contributed by atoms with E-state index in [0.717, 1.165) is 19.3 Å². The van der Waals surface area contributed by atoms with Gasteiger partial charge in [-0.1, -0.05) is 6.07 Å². The molecular weight excluding hydrogens is 276 g/mol. The Balaban J connectivity index is 1.74. The molecule has 0 aliphatic carbocycles. The molecule has 6 heteroatoms. The minimum absolute atomic E-state index is 0.0140. The lowest BCUT2D eigenvalue weighted by molar-refractivity contribution is -0.147. The Morgan fingerprint density at radius 2 is 2.10 bits per heavy atom. The van der Waals surface area contributed by atoms with Gasteiger partial charge in [0.15, 0.2) is 0 Å². The Morgan fingerprint density at radius 3 is 2.75 bits per heavy atom. The molecule has 0 bridgehead atoms. The summed E-state index contributed by atoms with van der Waals surface area (Å²) < 4.78 is 0. The third-order valence-corrected chi connectivity index (χ3v) is 4.81. The summed E-state index contributed by atoms with van der Waals surface area (Å²) in [6.45, 7) is 1.44. The molecule has 0 aromatic carbocycles. The van der Waals surface area contributed by atoms with Crippen molar-refractivity contribution in [1.82, 2.24) is 9.80 Å². The second-order valence-electron chi connectivity index (χ2n) is 5.38. The summed E-state index contributed by atoms with van der Waals surface area (Å²) in [5, 5.41) is 11.2. The van der Waals surface area contributed by atoms with Gasteiger partial charge in [0.25, 0.3) is 5.91 Å². The van der Waals surface area contributed by atoms with Gasteiger partial charge >= 0.3 is 0 Å². The lowest BCUT2D eigenvalue weighted by atomic mass is 9.98. The van der Waals surface area contributed by atoms with Crippen molar-refractivity contribution in [2.24, 2.45) is 0 Å². The molecule has 0 spiro atoms. The topological polar surface area (TPSA) is 60.9 Å². The summed E-state index contributed by atoms with van der Waals surface area (Å²) >= 11 is 1.41. The zero-order chi connectivity index (χ0) is 14.1. The van der Waals surface area contributed by atoms with Crippen molar-refractivity contribution in [3.05, 3.63) is 22.4 Å². The largest absolute Gasteiger partial charge is 0.389 e. The fourth-order valence-electron chi connectivity index (χ4n) is 2.82. The second kappa shape index (κ2) is 5.54. The van der Waals surface area contributed by atoms with Crippen LogP contribution in [-0.2, 0) is 4.79 Å². The third kappa shape index (κ3) is 2.45. The lowest BCUT2D eigenvalue weighted by Gasteiger charge is -2.42. The number of piperidine rings is 1. The number of nitrogens with zero attached hydrogens (tertiary/aromatic N) is 2. The van der Waals surface area contributed by atoms with Crippen molar-refractivity contribution < 1.29 is 14.7 Å². The second-order valence-corrected chi connectivity index (χ2v) is 6.33. The van der Waals surface area contributed by atoms with Crippen LogP contribution in [0.25, 0.3) is 0 Å². The van der Waals surface area contributed by atoms with E-state index in [9.17, 15) is 14.7 Å². The lowest BCUT2D eigenvalue weighted by Crippen LogP contribution is -2.60. The highest BCUT2D eigenvalue weighted by molar-refractivity contribution is 7.12. The first kappa shape index (κ1) is 13.6. The number of carbonyl (C=O) groups is 2. The Bertz CT molecular complexity index is 497. The van der Waals surface area contributed by atoms with Crippen LogP contribution in [0.15, 0.2) is 17.5 Å². The first-order valence-electron chi connectivity index (χ1n) is 6.98. The van der Waals surface area contributed by atoms with Crippen LogP contribution in [0.5, 0.6) is 0 Å². The Kier molecular flexibility index (Phi) is 3.76. The predicted octanol–water partition coefficient (Wildman–Crippen LogP) is 0.946. The van der Waals surface area contributed by atoms with Gasteiger partial charge < -0.3 is 14.9 Å². The molecule has 1 aromatic rings. The van der Waals surface area contributed by atoms with Crippen LogP contribution in [0, 0.1) is 0 Å². The van der Waals surface area contributed by atoms with E-state index >= 15 is 0 Å². The van der Waals surface area contributed by atoms with Gasteiger partial charge in [0, 0.05) is 19.6 Å². The number of thiophene rings is 1. The maximum absolute atomic E-state index is 12.5. The maximum Gasteiger partial charge on any atom is 0.264 e. The van der Waals surface area contributed by atoms with E-state index in [4.69, 9.17) is 0 Å². The standard InChI is InChI=1S/C14H18N2O3S/c17-10-8-15(9-10)13(18)11-4-1-2-6-16(11)14(19)12-5-3-7-20-12/h3,5,7,10-11,17H,1-2,4,6,8-9H2. The van der Waals surface area contributed by atoms with Crippen LogP contribution in [0.2, 0.25) is 0 Å². The molecular formula is C14H18N2O3S. The van der Waals surface area contributed by atoms with Gasteiger partial charge in [0.1, 0.15) is 6.04 Å². The van der Waals surface area contributed by atoms with Gasteiger partial charge in [0.05, 0.1) is 11.0 Å². The summed E-state index contributed by atoms with van der Waals surface area (Å²) in [7, 11) is 0. The van der Waals surface area contributed by atoms with Crippen molar-refractivity contribution >= 4 is 23.2 Å². The van der Waals surface area contributed by atoms with E-state index in [1.165, 1.54) is 11.3 Å². The number of amides is 2. The summed E-state index contributed by atoms with van der Waals surface area (Å²) in [5.41, 5.74) is 0. The molecule has 20 heavy (non-hydrogen) atoms. The number of β-amino-alcohol motifs (C(OH)–C–C–N with tert-alkyl or cyclic N) is 1. The maximum atomic E-state index is 12.5. The van der Waals surface area contributed by atoms with Crippen molar-refractivity contribution in [2.45, 2.75) is 31.4 Å². The fourth-order valence-corrected chi connectivity index (χ4v) is 3.50. The van der Waals surface area contributed by atoms with E-state index in [1.54, 1.807) is 15.9 Å². The number of rotatable bonds is 2. The number of likely N-dealkylation sites (tertiary alicyclic amines) is 2. The average molecular weight is 294 g/mol. The fraction of sp³-hybridized carbons (Fsp3) is 0.571. The summed E-state index contributed by atoms with van der Waals surface area (Å²) in [6, 6.07) is 3.30. The molecule has 2 aliphatic heterocycles. The normalized spacial score (nSPS) is 23.6. The summed E-state index contributed by atoms with van der Waals surface area (Å²) in [5.74, 6) is -0.0565. The molecule has 1 N–H and O–H groups in total. The van der Waals surface area contributed by atoms with Crippen LogP contribution in [-0.4, -0.2) is 58.5 Å². The smallest absolute Gasteiger partial charge is 0.264 e. The van der Waals surface area contributed by atoms with E-state index < -0.39 is 6.10 Å². The van der Waals surface area contributed by atoms with Crippen LogP contribution in [0.1, 0.15) is 28.9 Å². The van der Waals surface area contributed by atoms with Crippen LogP contribution < -0.4 is 0 Å². The highest BCUT2D eigenvalue weighted by Gasteiger charge is 2.39. The zero-order valence-electron chi connectivity index (χ0n) is 11.2. The molecule has 3 heterocycles. The monoisotopic (exact) mass is 294 g/mol. The highest BCUT2D eigenvalue weighted by atomic mass is 32.1. The molecule has 2 aliphatic rings. The number of aliphatic hydroxyl groups excluding tert-OH is 1. The molecule has 1 unspecified atom stereocenters. The molecule has 0 radical (unpaired) electrons.